The molecule has 1 fully saturated rings. The zero-order valence-electron chi connectivity index (χ0n) is 18.4. The number of ether oxygens (including phenoxy) is 1. The smallest absolute Gasteiger partial charge is 0.222 e. The topological polar surface area (TPSA) is 66.0 Å². The molecule has 2 aromatic rings. The molecule has 2 aromatic carbocycles. The number of nitrogens with one attached hydrogen (secondary N) is 2. The molecule has 0 bridgehead atoms. The lowest BCUT2D eigenvalue weighted by Gasteiger charge is -2.16. The third-order valence-electron chi connectivity index (χ3n) is 4.98. The summed E-state index contributed by atoms with van der Waals surface area (Å²) in [5, 5.41) is 6.58. The van der Waals surface area contributed by atoms with E-state index in [-0.39, 0.29) is 29.9 Å². The summed E-state index contributed by atoms with van der Waals surface area (Å²) in [7, 11) is 0. The van der Waals surface area contributed by atoms with E-state index in [0.717, 1.165) is 42.3 Å². The summed E-state index contributed by atoms with van der Waals surface area (Å²) in [6.45, 7) is 8.26. The number of hydrogen-bond acceptors (Lipinski definition) is 3. The van der Waals surface area contributed by atoms with Crippen molar-refractivity contribution in [3.8, 4) is 5.75 Å². The van der Waals surface area contributed by atoms with Crippen LogP contribution in [0.3, 0.4) is 0 Å². The molecule has 0 spiro atoms. The van der Waals surface area contributed by atoms with Gasteiger partial charge in [0.15, 0.2) is 5.96 Å². The average Bonchev–Trinajstić information content (AvgIpc) is 3.15. The molecule has 168 valence electrons. The van der Waals surface area contributed by atoms with E-state index in [9.17, 15) is 4.79 Å². The quantitative estimate of drug-likeness (QED) is 0.221. The van der Waals surface area contributed by atoms with Crippen molar-refractivity contribution in [3.63, 3.8) is 0 Å². The average molecular weight is 536 g/mol. The summed E-state index contributed by atoms with van der Waals surface area (Å²) in [5.41, 5.74) is 3.51. The van der Waals surface area contributed by atoms with Crippen LogP contribution in [0.4, 0.5) is 0 Å². The number of carbonyl (C=O) groups excluding carboxylic acids is 1. The number of hydrogen-bond donors (Lipinski definition) is 2. The Morgan fingerprint density at radius 3 is 2.61 bits per heavy atom. The molecule has 7 heteroatoms. The Kier molecular flexibility index (Phi) is 10.6. The molecule has 1 heterocycles. The van der Waals surface area contributed by atoms with E-state index in [2.05, 4.69) is 40.7 Å². The second kappa shape index (κ2) is 13.2. The number of carbonyl (C=O) groups is 1. The Bertz CT molecular complexity index is 855. The minimum atomic E-state index is 0. The number of nitrogens with zero attached hydrogens (tertiary/aromatic N) is 2. The molecule has 0 atom stereocenters. The maximum atomic E-state index is 11.9. The molecule has 0 unspecified atom stereocenters. The zero-order chi connectivity index (χ0) is 21.2. The third-order valence-corrected chi connectivity index (χ3v) is 4.98. The molecule has 0 aromatic heterocycles. The number of halogens is 1. The molecule has 1 aliphatic rings. The number of aliphatic imine (C=N–C) groups is 1. The van der Waals surface area contributed by atoms with Crippen molar-refractivity contribution in [1.82, 2.24) is 15.5 Å². The van der Waals surface area contributed by atoms with Crippen LogP contribution in [0.1, 0.15) is 36.5 Å². The van der Waals surface area contributed by atoms with Crippen LogP contribution < -0.4 is 15.4 Å². The van der Waals surface area contributed by atoms with Crippen molar-refractivity contribution in [2.24, 2.45) is 4.99 Å². The molecule has 1 amide bonds. The largest absolute Gasteiger partial charge is 0.492 e. The third kappa shape index (κ3) is 8.40. The minimum absolute atomic E-state index is 0. The summed E-state index contributed by atoms with van der Waals surface area (Å²) >= 11 is 0. The first kappa shape index (κ1) is 25.0. The van der Waals surface area contributed by atoms with Crippen molar-refractivity contribution >= 4 is 35.8 Å². The van der Waals surface area contributed by atoms with Gasteiger partial charge in [0.2, 0.25) is 5.91 Å². The van der Waals surface area contributed by atoms with Gasteiger partial charge >= 0.3 is 0 Å². The summed E-state index contributed by atoms with van der Waals surface area (Å²) in [5.74, 6) is 1.90. The fourth-order valence-corrected chi connectivity index (χ4v) is 3.40. The Hall–Kier alpha value is -2.29. The number of benzene rings is 2. The van der Waals surface area contributed by atoms with Gasteiger partial charge in [0.05, 0.1) is 13.1 Å². The zero-order valence-corrected chi connectivity index (χ0v) is 20.7. The fourth-order valence-electron chi connectivity index (χ4n) is 3.40. The van der Waals surface area contributed by atoms with Crippen LogP contribution in [0.15, 0.2) is 53.5 Å². The van der Waals surface area contributed by atoms with Crippen molar-refractivity contribution < 1.29 is 9.53 Å². The molecule has 6 nitrogen and oxygen atoms in total. The van der Waals surface area contributed by atoms with Crippen molar-refractivity contribution in [2.45, 2.75) is 39.8 Å². The molecular weight excluding hydrogens is 503 g/mol. The van der Waals surface area contributed by atoms with Crippen molar-refractivity contribution in [1.29, 1.82) is 0 Å². The number of rotatable bonds is 9. The first-order valence-corrected chi connectivity index (χ1v) is 10.7. The predicted octanol–water partition coefficient (Wildman–Crippen LogP) is 3.87. The molecule has 0 aliphatic carbocycles. The fraction of sp³-hybridized carbons (Fsp3) is 0.417. The second-order valence-electron chi connectivity index (χ2n) is 7.52. The van der Waals surface area contributed by atoms with Crippen LogP contribution in [-0.2, 0) is 17.9 Å². The minimum Gasteiger partial charge on any atom is -0.492 e. The lowest BCUT2D eigenvalue weighted by atomic mass is 10.1. The Morgan fingerprint density at radius 2 is 1.90 bits per heavy atom. The van der Waals surface area contributed by atoms with Crippen LogP contribution in [-0.4, -0.2) is 43.0 Å². The lowest BCUT2D eigenvalue weighted by molar-refractivity contribution is -0.128. The maximum absolute atomic E-state index is 11.9. The molecule has 0 radical (unpaired) electrons. The highest BCUT2D eigenvalue weighted by atomic mass is 127. The summed E-state index contributed by atoms with van der Waals surface area (Å²) in [6.07, 6.45) is 1.64. The Balaban J connectivity index is 0.00000341. The van der Waals surface area contributed by atoms with Gasteiger partial charge in [-0.05, 0) is 43.5 Å². The van der Waals surface area contributed by atoms with Crippen LogP contribution in [0.5, 0.6) is 5.75 Å². The highest BCUT2D eigenvalue weighted by Crippen LogP contribution is 2.15. The number of likely N-dealkylation sites (tertiary alicyclic amines) is 1. The van der Waals surface area contributed by atoms with Gasteiger partial charge in [-0.2, -0.15) is 0 Å². The van der Waals surface area contributed by atoms with Gasteiger partial charge in [-0.3, -0.25) is 4.79 Å². The van der Waals surface area contributed by atoms with Gasteiger partial charge in [-0.25, -0.2) is 4.99 Å². The lowest BCUT2D eigenvalue weighted by Crippen LogP contribution is -2.39. The van der Waals surface area contributed by atoms with Crippen molar-refractivity contribution in [3.05, 3.63) is 65.2 Å². The summed E-state index contributed by atoms with van der Waals surface area (Å²) in [6, 6.07) is 16.4. The molecule has 0 saturated carbocycles. The van der Waals surface area contributed by atoms with Gasteiger partial charge in [0.25, 0.3) is 0 Å². The van der Waals surface area contributed by atoms with E-state index in [1.54, 1.807) is 0 Å². The normalized spacial score (nSPS) is 13.7. The van der Waals surface area contributed by atoms with Crippen LogP contribution in [0, 0.1) is 6.92 Å². The van der Waals surface area contributed by atoms with E-state index < -0.39 is 0 Å². The first-order valence-electron chi connectivity index (χ1n) is 10.7. The van der Waals surface area contributed by atoms with E-state index >= 15 is 0 Å². The van der Waals surface area contributed by atoms with Gasteiger partial charge < -0.3 is 20.3 Å². The maximum Gasteiger partial charge on any atom is 0.222 e. The molecule has 1 aliphatic heterocycles. The first-order chi connectivity index (χ1) is 14.6. The summed E-state index contributed by atoms with van der Waals surface area (Å²) < 4.78 is 5.76. The van der Waals surface area contributed by atoms with Crippen LogP contribution in [0.2, 0.25) is 0 Å². The van der Waals surface area contributed by atoms with Crippen LogP contribution in [0.25, 0.3) is 0 Å². The highest BCUT2D eigenvalue weighted by molar-refractivity contribution is 14.0. The van der Waals surface area contributed by atoms with E-state index in [0.29, 0.717) is 32.7 Å². The van der Waals surface area contributed by atoms with E-state index in [4.69, 9.17) is 4.74 Å². The Labute approximate surface area is 202 Å². The Morgan fingerprint density at radius 1 is 1.13 bits per heavy atom. The SMILES string of the molecule is CCNC(=NCc1cccc(CN2CCCC2=O)c1)NCCOc1ccc(C)cc1.I. The predicted molar refractivity (Wildman–Crippen MR) is 136 cm³/mol. The molecule has 31 heavy (non-hydrogen) atoms. The number of amides is 1. The van der Waals surface area contributed by atoms with E-state index in [1.807, 2.05) is 42.2 Å². The van der Waals surface area contributed by atoms with E-state index in [1.165, 1.54) is 5.56 Å². The number of guanidine groups is 1. The van der Waals surface area contributed by atoms with Gasteiger partial charge in [-0.1, -0.05) is 42.0 Å². The standard InChI is InChI=1S/C24H32N4O2.HI/c1-3-25-24(26-13-15-30-22-11-9-19(2)10-12-22)27-17-20-6-4-7-21(16-20)18-28-14-5-8-23(28)29;/h4,6-7,9-12,16H,3,5,8,13-15,17-18H2,1-2H3,(H2,25,26,27);1H. The van der Waals surface area contributed by atoms with Crippen LogP contribution >= 0.6 is 24.0 Å². The van der Waals surface area contributed by atoms with Crippen molar-refractivity contribution in [2.75, 3.05) is 26.2 Å². The second-order valence-corrected chi connectivity index (χ2v) is 7.52. The monoisotopic (exact) mass is 536 g/mol. The molecule has 2 N–H and O–H groups in total. The van der Waals surface area contributed by atoms with Gasteiger partial charge in [0.1, 0.15) is 12.4 Å². The molecular formula is C24H33IN4O2. The summed E-state index contributed by atoms with van der Waals surface area (Å²) in [4.78, 5) is 18.5. The highest BCUT2D eigenvalue weighted by Gasteiger charge is 2.19. The van der Waals surface area contributed by atoms with Gasteiger partial charge in [0, 0.05) is 26.1 Å². The van der Waals surface area contributed by atoms with Gasteiger partial charge in [-0.15, -0.1) is 24.0 Å². The molecule has 3 rings (SSSR count). The number of aryl methyl sites for hydroxylation is 1. The molecule has 1 saturated heterocycles.